The predicted molar refractivity (Wildman–Crippen MR) is 185 cm³/mol. The molecule has 0 radical (unpaired) electrons. The van der Waals surface area contributed by atoms with Crippen molar-refractivity contribution in [2.75, 3.05) is 38.0 Å². The number of fused-ring (bicyclic) bond motifs is 7. The summed E-state index contributed by atoms with van der Waals surface area (Å²) in [5, 5.41) is 5.70. The number of thiophene rings is 2. The summed E-state index contributed by atoms with van der Waals surface area (Å²) < 4.78 is 55.6. The average molecular weight is 733 g/mol. The lowest BCUT2D eigenvalue weighted by molar-refractivity contribution is 0.400. The molecule has 8 rings (SSSR count). The van der Waals surface area contributed by atoms with Crippen molar-refractivity contribution < 1.29 is 21.6 Å². The second-order valence-corrected chi connectivity index (χ2v) is 17.8. The lowest BCUT2D eigenvalue weighted by Gasteiger charge is -2.24. The van der Waals surface area contributed by atoms with Gasteiger partial charge in [-0.05, 0) is 47.2 Å². The normalized spacial score (nSPS) is 16.4. The Morgan fingerprint density at radius 1 is 0.851 bits per heavy atom. The van der Waals surface area contributed by atoms with Crippen LogP contribution in [0, 0.1) is 0 Å². The number of benzene rings is 1. The Balaban J connectivity index is 0.000000167. The quantitative estimate of drug-likeness (QED) is 0.257. The van der Waals surface area contributed by atoms with E-state index in [1.165, 1.54) is 56.5 Å². The van der Waals surface area contributed by atoms with Crippen LogP contribution in [-0.2, 0) is 52.5 Å². The van der Waals surface area contributed by atoms with E-state index in [0.717, 1.165) is 63.9 Å². The first-order valence-electron chi connectivity index (χ1n) is 14.4. The second-order valence-electron chi connectivity index (χ2n) is 11.3. The number of hydrogen-bond acceptors (Lipinski definition) is 13. The zero-order chi connectivity index (χ0) is 33.1. The molecular formula is C29H29ClN8O5S4. The molecule has 13 nitrogen and oxygen atoms in total. The van der Waals surface area contributed by atoms with Gasteiger partial charge in [0.1, 0.15) is 39.0 Å². The number of halogens is 1. The molecule has 0 unspecified atom stereocenters. The molecule has 7 heterocycles. The summed E-state index contributed by atoms with van der Waals surface area (Å²) in [6, 6.07) is 4.01. The van der Waals surface area contributed by atoms with Crippen LogP contribution < -0.4 is 10.1 Å². The van der Waals surface area contributed by atoms with Crippen molar-refractivity contribution in [1.29, 1.82) is 0 Å². The lowest BCUT2D eigenvalue weighted by atomic mass is 10.1. The molecule has 3 aliphatic rings. The highest BCUT2D eigenvalue weighted by molar-refractivity contribution is 7.88. The van der Waals surface area contributed by atoms with Crippen molar-refractivity contribution in [3.05, 3.63) is 61.9 Å². The molecule has 0 saturated heterocycles. The van der Waals surface area contributed by atoms with Gasteiger partial charge in [0, 0.05) is 42.1 Å². The smallest absolute Gasteiger partial charge is 0.211 e. The molecule has 47 heavy (non-hydrogen) atoms. The maximum atomic E-state index is 11.9. The van der Waals surface area contributed by atoms with Crippen LogP contribution in [0.2, 0.25) is 5.15 Å². The van der Waals surface area contributed by atoms with Crippen molar-refractivity contribution in [3.63, 3.8) is 0 Å². The molecular weight excluding hydrogens is 704 g/mol. The van der Waals surface area contributed by atoms with E-state index in [-0.39, 0.29) is 0 Å². The number of rotatable bonds is 5. The van der Waals surface area contributed by atoms with Crippen molar-refractivity contribution in [3.8, 4) is 5.75 Å². The Morgan fingerprint density at radius 2 is 1.45 bits per heavy atom. The van der Waals surface area contributed by atoms with Crippen molar-refractivity contribution >= 4 is 92.5 Å². The number of aromatic nitrogens is 4. The molecule has 4 aromatic heterocycles. The Labute approximate surface area is 284 Å². The fourth-order valence-electron chi connectivity index (χ4n) is 5.96. The molecule has 0 saturated carbocycles. The third-order valence-corrected chi connectivity index (χ3v) is 13.3. The second kappa shape index (κ2) is 12.3. The van der Waals surface area contributed by atoms with Gasteiger partial charge in [0.2, 0.25) is 20.0 Å². The van der Waals surface area contributed by atoms with Crippen molar-refractivity contribution in [2.24, 2.45) is 4.99 Å². The highest BCUT2D eigenvalue weighted by Crippen LogP contribution is 2.41. The minimum atomic E-state index is -3.22. The molecule has 0 spiro atoms. The van der Waals surface area contributed by atoms with E-state index >= 15 is 0 Å². The third kappa shape index (κ3) is 6.21. The number of ether oxygens (including phenoxy) is 1. The zero-order valence-electron chi connectivity index (χ0n) is 25.5. The molecule has 0 amide bonds. The Kier molecular flexibility index (Phi) is 8.43. The van der Waals surface area contributed by atoms with Crippen LogP contribution in [0.15, 0.2) is 29.8 Å². The topological polar surface area (TPSA) is 160 Å². The first-order chi connectivity index (χ1) is 22.4. The van der Waals surface area contributed by atoms with E-state index in [9.17, 15) is 16.8 Å². The summed E-state index contributed by atoms with van der Waals surface area (Å²) in [6.07, 6.45) is 8.61. The number of hydrogen-bond donors (Lipinski definition) is 1. The maximum absolute atomic E-state index is 11.9. The number of nitrogens with one attached hydrogen (secondary N) is 1. The summed E-state index contributed by atoms with van der Waals surface area (Å²) >= 11 is 9.10. The predicted octanol–water partition coefficient (Wildman–Crippen LogP) is 4.36. The van der Waals surface area contributed by atoms with Crippen LogP contribution in [0.1, 0.15) is 32.0 Å². The first-order valence-corrected chi connectivity index (χ1v) is 20.2. The number of methoxy groups -OCH3 is 1. The highest BCUT2D eigenvalue weighted by Gasteiger charge is 2.29. The van der Waals surface area contributed by atoms with Crippen LogP contribution in [0.25, 0.3) is 20.4 Å². The number of nitrogens with zero attached hydrogens (tertiary/aromatic N) is 7. The number of anilines is 2. The Hall–Kier alpha value is -3.32. The number of aliphatic imine (C=N–C) groups is 1. The van der Waals surface area contributed by atoms with Gasteiger partial charge in [0.05, 0.1) is 42.6 Å². The van der Waals surface area contributed by atoms with Gasteiger partial charge in [-0.25, -0.2) is 36.8 Å². The van der Waals surface area contributed by atoms with E-state index in [1.54, 1.807) is 7.11 Å². The van der Waals surface area contributed by atoms with Crippen LogP contribution >= 0.6 is 34.3 Å². The van der Waals surface area contributed by atoms with Gasteiger partial charge in [-0.2, -0.15) is 8.61 Å². The van der Waals surface area contributed by atoms with Crippen LogP contribution in [0.4, 0.5) is 11.5 Å². The Morgan fingerprint density at radius 3 is 2.06 bits per heavy atom. The lowest BCUT2D eigenvalue weighted by Crippen LogP contribution is -2.34. The highest BCUT2D eigenvalue weighted by atomic mass is 35.5. The molecule has 0 aliphatic carbocycles. The maximum Gasteiger partial charge on any atom is 0.211 e. The molecule has 1 aromatic carbocycles. The molecule has 0 bridgehead atoms. The molecule has 3 aliphatic heterocycles. The van der Waals surface area contributed by atoms with Crippen LogP contribution in [0.5, 0.6) is 5.75 Å². The fraction of sp³-hybridized carbons (Fsp3) is 0.345. The summed E-state index contributed by atoms with van der Waals surface area (Å²) in [5.41, 5.74) is 5.23. The van der Waals surface area contributed by atoms with Crippen molar-refractivity contribution in [1.82, 2.24) is 28.5 Å². The molecule has 246 valence electrons. The van der Waals surface area contributed by atoms with Gasteiger partial charge in [0.25, 0.3) is 0 Å². The molecule has 18 heteroatoms. The van der Waals surface area contributed by atoms with Crippen LogP contribution in [0.3, 0.4) is 0 Å². The Bertz CT molecular complexity index is 2310. The van der Waals surface area contributed by atoms with E-state index in [1.807, 2.05) is 18.3 Å². The largest absolute Gasteiger partial charge is 0.495 e. The third-order valence-electron chi connectivity index (χ3n) is 8.30. The van der Waals surface area contributed by atoms with E-state index in [0.29, 0.717) is 56.5 Å². The molecule has 0 fully saturated rings. The van der Waals surface area contributed by atoms with Gasteiger partial charge < -0.3 is 10.1 Å². The van der Waals surface area contributed by atoms with Gasteiger partial charge in [-0.3, -0.25) is 4.99 Å². The van der Waals surface area contributed by atoms with Gasteiger partial charge in [-0.1, -0.05) is 11.6 Å². The molecule has 5 aromatic rings. The monoisotopic (exact) mass is 732 g/mol. The van der Waals surface area contributed by atoms with E-state index < -0.39 is 20.0 Å². The van der Waals surface area contributed by atoms with E-state index in [2.05, 4.69) is 30.2 Å². The number of sulfonamides is 2. The summed E-state index contributed by atoms with van der Waals surface area (Å²) in [4.78, 5) is 25.1. The van der Waals surface area contributed by atoms with Gasteiger partial charge in [-0.15, -0.1) is 22.7 Å². The minimum Gasteiger partial charge on any atom is -0.495 e. The minimum absolute atomic E-state index is 0.382. The molecule has 1 N–H and O–H groups in total. The SMILES string of the molecule is COc1cc2c(cc1Nc1ncnc3sc4c(c13)CCN(S(C)(=O)=O)C4)C=NC2.CS(=O)(=O)N1CCc2c(sc3ncnc(Cl)c23)C1. The summed E-state index contributed by atoms with van der Waals surface area (Å²) in [7, 11) is -4.72. The van der Waals surface area contributed by atoms with Gasteiger partial charge in [0.15, 0.2) is 0 Å². The summed E-state index contributed by atoms with van der Waals surface area (Å²) in [5.74, 6) is 1.43. The molecule has 0 atom stereocenters. The van der Waals surface area contributed by atoms with Crippen molar-refractivity contribution in [2.45, 2.75) is 32.5 Å². The summed E-state index contributed by atoms with van der Waals surface area (Å²) in [6.45, 7) is 2.41. The average Bonchev–Trinajstić information content (AvgIpc) is 3.74. The fourth-order valence-corrected chi connectivity index (χ4v) is 10.4. The van der Waals surface area contributed by atoms with E-state index in [4.69, 9.17) is 16.3 Å². The zero-order valence-corrected chi connectivity index (χ0v) is 29.5. The first kappa shape index (κ1) is 32.2. The van der Waals surface area contributed by atoms with Crippen LogP contribution in [-0.4, -0.2) is 84.3 Å². The standard InChI is InChI=1S/C19H19N5O3S2.C10H10ClN3O2S2/c1-27-15-6-12-8-20-7-11(12)5-14(15)23-18-17-13-3-4-24(29(2,25)26)9-16(13)28-19(17)22-10-21-18;1-18(15,16)14-3-2-6-7(4-14)17-10-8(6)9(11)12-5-13-10/h5-7,10H,3-4,8-9H2,1-2H3,(H,21,22,23);5H,2-4H2,1H3. The van der Waals surface area contributed by atoms with Gasteiger partial charge >= 0.3 is 0 Å².